The molecule has 0 atom stereocenters. The molecule has 0 unspecified atom stereocenters. The highest BCUT2D eigenvalue weighted by molar-refractivity contribution is 7.89. The number of nitrogens with one attached hydrogen (secondary N) is 1. The number of benzene rings is 2. The Morgan fingerprint density at radius 2 is 1.79 bits per heavy atom. The molecule has 2 aromatic rings. The molecule has 0 radical (unpaired) electrons. The number of carbonyl (C=O) groups is 1. The van der Waals surface area contributed by atoms with Crippen LogP contribution < -0.4 is 10.1 Å². The second kappa shape index (κ2) is 8.75. The van der Waals surface area contributed by atoms with Crippen molar-refractivity contribution < 1.29 is 17.9 Å². The molecule has 1 N–H and O–H groups in total. The first-order valence-electron chi connectivity index (χ1n) is 9.51. The zero-order chi connectivity index (χ0) is 20.1. The maximum Gasteiger partial charge on any atom is 0.255 e. The number of nitrogens with zero attached hydrogens (tertiary/aromatic N) is 1. The van der Waals surface area contributed by atoms with Gasteiger partial charge in [0.15, 0.2) is 0 Å². The molecule has 150 valence electrons. The largest absolute Gasteiger partial charge is 0.493 e. The number of hydrogen-bond acceptors (Lipinski definition) is 4. The quantitative estimate of drug-likeness (QED) is 0.765. The van der Waals surface area contributed by atoms with Gasteiger partial charge in [-0.25, -0.2) is 8.42 Å². The summed E-state index contributed by atoms with van der Waals surface area (Å²) >= 11 is 0. The standard InChI is InChI=1S/C21H26N2O4S/c1-16(2)15-27-19-7-5-6-17(14-19)21(24)22-18-8-10-20(11-9-18)28(25,26)23-12-3-4-13-23/h5-11,14,16H,3-4,12-13,15H2,1-2H3,(H,22,24). The van der Waals surface area contributed by atoms with E-state index in [-0.39, 0.29) is 10.8 Å². The fraction of sp³-hybridized carbons (Fsp3) is 0.381. The van der Waals surface area contributed by atoms with E-state index in [1.165, 1.54) is 16.4 Å². The van der Waals surface area contributed by atoms with Gasteiger partial charge in [0.05, 0.1) is 11.5 Å². The SMILES string of the molecule is CC(C)COc1cccc(C(=O)Nc2ccc(S(=O)(=O)N3CCCC3)cc2)c1. The first-order chi connectivity index (χ1) is 13.4. The smallest absolute Gasteiger partial charge is 0.255 e. The van der Waals surface area contributed by atoms with Crippen LogP contribution in [-0.4, -0.2) is 38.3 Å². The van der Waals surface area contributed by atoms with Crippen LogP contribution in [0, 0.1) is 5.92 Å². The molecule has 1 aliphatic heterocycles. The number of carbonyl (C=O) groups excluding carboxylic acids is 1. The molecule has 1 heterocycles. The summed E-state index contributed by atoms with van der Waals surface area (Å²) in [6.45, 7) is 5.83. The highest BCUT2D eigenvalue weighted by Gasteiger charge is 2.26. The lowest BCUT2D eigenvalue weighted by molar-refractivity contribution is 0.102. The third kappa shape index (κ3) is 4.91. The molecular formula is C21H26N2O4S. The molecule has 6 nitrogen and oxygen atoms in total. The summed E-state index contributed by atoms with van der Waals surface area (Å²) in [4.78, 5) is 12.7. The molecule has 1 saturated heterocycles. The second-order valence-electron chi connectivity index (χ2n) is 7.32. The monoisotopic (exact) mass is 402 g/mol. The van der Waals surface area contributed by atoms with Gasteiger partial charge >= 0.3 is 0 Å². The number of sulfonamides is 1. The van der Waals surface area contributed by atoms with Gasteiger partial charge in [0.1, 0.15) is 5.75 Å². The van der Waals surface area contributed by atoms with Crippen LogP contribution in [0.2, 0.25) is 0 Å². The third-order valence-corrected chi connectivity index (χ3v) is 6.41. The predicted molar refractivity (Wildman–Crippen MR) is 109 cm³/mol. The van der Waals surface area contributed by atoms with Crippen molar-refractivity contribution in [2.24, 2.45) is 5.92 Å². The van der Waals surface area contributed by atoms with Crippen LogP contribution in [0.4, 0.5) is 5.69 Å². The molecule has 1 fully saturated rings. The number of rotatable bonds is 7. The van der Waals surface area contributed by atoms with Gasteiger partial charge in [0.2, 0.25) is 10.0 Å². The average molecular weight is 403 g/mol. The van der Waals surface area contributed by atoms with Gasteiger partial charge in [-0.1, -0.05) is 19.9 Å². The van der Waals surface area contributed by atoms with Crippen molar-refractivity contribution in [1.29, 1.82) is 0 Å². The summed E-state index contributed by atoms with van der Waals surface area (Å²) < 4.78 is 32.3. The van der Waals surface area contributed by atoms with E-state index in [1.54, 1.807) is 30.3 Å². The first-order valence-corrected chi connectivity index (χ1v) is 10.9. The van der Waals surface area contributed by atoms with Crippen molar-refractivity contribution in [3.63, 3.8) is 0 Å². The molecule has 0 saturated carbocycles. The van der Waals surface area contributed by atoms with E-state index in [4.69, 9.17) is 4.74 Å². The molecule has 7 heteroatoms. The maximum atomic E-state index is 12.6. The van der Waals surface area contributed by atoms with E-state index in [0.29, 0.717) is 42.6 Å². The van der Waals surface area contributed by atoms with E-state index in [9.17, 15) is 13.2 Å². The third-order valence-electron chi connectivity index (χ3n) is 4.49. The van der Waals surface area contributed by atoms with E-state index >= 15 is 0 Å². The Kier molecular flexibility index (Phi) is 6.36. The Morgan fingerprint density at radius 3 is 2.43 bits per heavy atom. The minimum Gasteiger partial charge on any atom is -0.493 e. The Morgan fingerprint density at radius 1 is 1.11 bits per heavy atom. The molecule has 0 spiro atoms. The Labute approximate surface area is 166 Å². The van der Waals surface area contributed by atoms with Gasteiger partial charge < -0.3 is 10.1 Å². The summed E-state index contributed by atoms with van der Waals surface area (Å²) in [5.74, 6) is 0.770. The minimum absolute atomic E-state index is 0.247. The van der Waals surface area contributed by atoms with Crippen LogP contribution in [-0.2, 0) is 10.0 Å². The van der Waals surface area contributed by atoms with Crippen LogP contribution in [0.15, 0.2) is 53.4 Å². The van der Waals surface area contributed by atoms with Crippen molar-refractivity contribution in [3.05, 3.63) is 54.1 Å². The van der Waals surface area contributed by atoms with E-state index < -0.39 is 10.0 Å². The molecule has 0 aliphatic carbocycles. The molecule has 2 aromatic carbocycles. The lowest BCUT2D eigenvalue weighted by Gasteiger charge is -2.15. The molecule has 0 aromatic heterocycles. The van der Waals surface area contributed by atoms with E-state index in [0.717, 1.165) is 12.8 Å². The van der Waals surface area contributed by atoms with Crippen LogP contribution in [0.5, 0.6) is 5.75 Å². The maximum absolute atomic E-state index is 12.6. The number of amides is 1. The van der Waals surface area contributed by atoms with Crippen molar-refractivity contribution in [1.82, 2.24) is 4.31 Å². The zero-order valence-corrected chi connectivity index (χ0v) is 17.0. The highest BCUT2D eigenvalue weighted by atomic mass is 32.2. The summed E-state index contributed by atoms with van der Waals surface area (Å²) in [6, 6.07) is 13.3. The molecule has 1 aliphatic rings. The molecule has 3 rings (SSSR count). The fourth-order valence-electron chi connectivity index (χ4n) is 2.98. The highest BCUT2D eigenvalue weighted by Crippen LogP contribution is 2.23. The Bertz CT molecular complexity index is 918. The summed E-state index contributed by atoms with van der Waals surface area (Å²) in [5.41, 5.74) is 1.02. The van der Waals surface area contributed by atoms with E-state index in [1.807, 2.05) is 6.07 Å². The molecule has 28 heavy (non-hydrogen) atoms. The average Bonchev–Trinajstić information content (AvgIpc) is 3.23. The van der Waals surface area contributed by atoms with Gasteiger partial charge in [-0.3, -0.25) is 4.79 Å². The predicted octanol–water partition coefficient (Wildman–Crippen LogP) is 3.76. The van der Waals surface area contributed by atoms with Gasteiger partial charge in [0, 0.05) is 24.3 Å². The molecule has 1 amide bonds. The summed E-state index contributed by atoms with van der Waals surface area (Å²) in [7, 11) is -3.45. The lowest BCUT2D eigenvalue weighted by Crippen LogP contribution is -2.27. The number of anilines is 1. The minimum atomic E-state index is -3.45. The van der Waals surface area contributed by atoms with E-state index in [2.05, 4.69) is 19.2 Å². The van der Waals surface area contributed by atoms with Gasteiger partial charge in [-0.2, -0.15) is 4.31 Å². The second-order valence-corrected chi connectivity index (χ2v) is 9.26. The Hall–Kier alpha value is -2.38. The number of ether oxygens (including phenoxy) is 1. The summed E-state index contributed by atoms with van der Waals surface area (Å²) in [6.07, 6.45) is 1.79. The fourth-order valence-corrected chi connectivity index (χ4v) is 4.50. The summed E-state index contributed by atoms with van der Waals surface area (Å²) in [5, 5.41) is 2.80. The topological polar surface area (TPSA) is 75.7 Å². The zero-order valence-electron chi connectivity index (χ0n) is 16.2. The Balaban J connectivity index is 1.67. The van der Waals surface area contributed by atoms with Crippen molar-refractivity contribution >= 4 is 21.6 Å². The van der Waals surface area contributed by atoms with Gasteiger partial charge in [-0.05, 0) is 61.2 Å². The van der Waals surface area contributed by atoms with Crippen molar-refractivity contribution in [3.8, 4) is 5.75 Å². The first kappa shape index (κ1) is 20.4. The van der Waals surface area contributed by atoms with Gasteiger partial charge in [0.25, 0.3) is 5.91 Å². The van der Waals surface area contributed by atoms with Crippen molar-refractivity contribution in [2.45, 2.75) is 31.6 Å². The lowest BCUT2D eigenvalue weighted by atomic mass is 10.2. The molecular weight excluding hydrogens is 376 g/mol. The normalized spacial score (nSPS) is 15.0. The number of hydrogen-bond donors (Lipinski definition) is 1. The van der Waals surface area contributed by atoms with Crippen LogP contribution in [0.3, 0.4) is 0 Å². The van der Waals surface area contributed by atoms with Crippen LogP contribution in [0.25, 0.3) is 0 Å². The molecule has 0 bridgehead atoms. The van der Waals surface area contributed by atoms with Crippen LogP contribution >= 0.6 is 0 Å². The van der Waals surface area contributed by atoms with Crippen molar-refractivity contribution in [2.75, 3.05) is 25.0 Å². The van der Waals surface area contributed by atoms with Crippen LogP contribution in [0.1, 0.15) is 37.0 Å². The van der Waals surface area contributed by atoms with Gasteiger partial charge in [-0.15, -0.1) is 0 Å².